The summed E-state index contributed by atoms with van der Waals surface area (Å²) in [4.78, 5) is 24.0. The maximum Gasteiger partial charge on any atom is 0.242 e. The van der Waals surface area contributed by atoms with Crippen LogP contribution >= 0.6 is 12.4 Å². The van der Waals surface area contributed by atoms with Gasteiger partial charge in [0, 0.05) is 12.0 Å². The van der Waals surface area contributed by atoms with Crippen molar-refractivity contribution >= 4 is 24.2 Å². The molecule has 20 heavy (non-hydrogen) atoms. The Labute approximate surface area is 127 Å². The van der Waals surface area contributed by atoms with Crippen LogP contribution in [0.25, 0.3) is 0 Å². The van der Waals surface area contributed by atoms with Crippen LogP contribution in [-0.2, 0) is 9.59 Å². The van der Waals surface area contributed by atoms with E-state index in [-0.39, 0.29) is 42.1 Å². The number of hydrogen-bond acceptors (Lipinski definition) is 3. The highest BCUT2D eigenvalue weighted by Crippen LogP contribution is 2.30. The van der Waals surface area contributed by atoms with E-state index in [0.29, 0.717) is 6.54 Å². The van der Waals surface area contributed by atoms with Gasteiger partial charge in [-0.15, -0.1) is 12.4 Å². The third-order valence-electron chi connectivity index (χ3n) is 4.05. The van der Waals surface area contributed by atoms with Crippen molar-refractivity contribution in [2.45, 2.75) is 58.5 Å². The summed E-state index contributed by atoms with van der Waals surface area (Å²) in [6, 6.07) is -0.351. The molecule has 0 aliphatic heterocycles. The minimum atomic E-state index is -0.486. The van der Waals surface area contributed by atoms with Crippen LogP contribution in [0.3, 0.4) is 0 Å². The van der Waals surface area contributed by atoms with Crippen molar-refractivity contribution in [1.29, 1.82) is 0 Å². The lowest BCUT2D eigenvalue weighted by Crippen LogP contribution is -2.49. The van der Waals surface area contributed by atoms with E-state index in [9.17, 15) is 9.59 Å². The van der Waals surface area contributed by atoms with E-state index in [2.05, 4.69) is 10.6 Å². The summed E-state index contributed by atoms with van der Waals surface area (Å²) in [6.45, 7) is 6.24. The molecule has 0 aromatic heterocycles. The Balaban J connectivity index is 0.00000361. The molecule has 1 aliphatic carbocycles. The molecule has 0 aromatic rings. The monoisotopic (exact) mass is 305 g/mol. The van der Waals surface area contributed by atoms with Crippen LogP contribution in [0.4, 0.5) is 0 Å². The number of hydrogen-bond donors (Lipinski definition) is 3. The van der Waals surface area contributed by atoms with Gasteiger partial charge in [-0.05, 0) is 45.6 Å². The van der Waals surface area contributed by atoms with Gasteiger partial charge in [-0.25, -0.2) is 0 Å². The molecule has 1 aliphatic rings. The van der Waals surface area contributed by atoms with Crippen molar-refractivity contribution in [2.75, 3.05) is 6.54 Å². The Morgan fingerprint density at radius 2 is 1.90 bits per heavy atom. The maximum atomic E-state index is 12.1. The normalized spacial score (nSPS) is 24.4. The van der Waals surface area contributed by atoms with E-state index >= 15 is 0 Å². The van der Waals surface area contributed by atoms with E-state index in [1.54, 1.807) is 6.92 Å². The molecule has 5 nitrogen and oxygen atoms in total. The Kier molecular flexibility index (Phi) is 8.81. The summed E-state index contributed by atoms with van der Waals surface area (Å²) in [5, 5.41) is 5.68. The van der Waals surface area contributed by atoms with Crippen LogP contribution in [0.1, 0.15) is 46.5 Å². The van der Waals surface area contributed by atoms with Crippen molar-refractivity contribution in [3.05, 3.63) is 0 Å². The second kappa shape index (κ2) is 9.19. The zero-order valence-electron chi connectivity index (χ0n) is 12.6. The molecule has 0 saturated heterocycles. The average molecular weight is 306 g/mol. The minimum absolute atomic E-state index is 0. The molecule has 4 atom stereocenters. The number of nitrogens with two attached hydrogens (primary N) is 1. The number of nitrogens with one attached hydrogen (secondary N) is 2. The highest BCUT2D eigenvalue weighted by Gasteiger charge is 2.33. The molecule has 4 N–H and O–H groups in total. The quantitative estimate of drug-likeness (QED) is 0.689. The Bertz CT molecular complexity index is 326. The number of carbonyl (C=O) groups excluding carboxylic acids is 2. The van der Waals surface area contributed by atoms with Gasteiger partial charge in [0.2, 0.25) is 11.8 Å². The molecule has 0 aromatic carbocycles. The van der Waals surface area contributed by atoms with Crippen LogP contribution in [-0.4, -0.2) is 30.4 Å². The average Bonchev–Trinajstić information content (AvgIpc) is 2.86. The third-order valence-corrected chi connectivity index (χ3v) is 4.05. The van der Waals surface area contributed by atoms with E-state index in [0.717, 1.165) is 25.7 Å². The van der Waals surface area contributed by atoms with Crippen LogP contribution in [0.5, 0.6) is 0 Å². The summed E-state index contributed by atoms with van der Waals surface area (Å²) in [5.41, 5.74) is 5.68. The number of rotatable bonds is 6. The van der Waals surface area contributed by atoms with Crippen LogP contribution in [0.2, 0.25) is 0 Å². The fraction of sp³-hybridized carbons (Fsp3) is 0.857. The molecule has 1 saturated carbocycles. The van der Waals surface area contributed by atoms with E-state index in [1.807, 2.05) is 13.8 Å². The molecule has 1 fully saturated rings. The highest BCUT2D eigenvalue weighted by atomic mass is 35.5. The summed E-state index contributed by atoms with van der Waals surface area (Å²) < 4.78 is 0. The second-order valence-electron chi connectivity index (χ2n) is 5.58. The lowest BCUT2D eigenvalue weighted by molar-refractivity contribution is -0.131. The van der Waals surface area contributed by atoms with Gasteiger partial charge in [-0.1, -0.05) is 13.3 Å². The van der Waals surface area contributed by atoms with Gasteiger partial charge in [0.05, 0.1) is 0 Å². The van der Waals surface area contributed by atoms with Gasteiger partial charge in [-0.2, -0.15) is 0 Å². The summed E-state index contributed by atoms with van der Waals surface area (Å²) in [7, 11) is 0. The molecular weight excluding hydrogens is 278 g/mol. The number of halogens is 1. The summed E-state index contributed by atoms with van der Waals surface area (Å²) in [5.74, 6) is 0.0958. The predicted molar refractivity (Wildman–Crippen MR) is 82.6 cm³/mol. The first-order valence-electron chi connectivity index (χ1n) is 7.30. The predicted octanol–water partition coefficient (Wildman–Crippen LogP) is 1.20. The molecule has 118 valence electrons. The first-order chi connectivity index (χ1) is 8.99. The van der Waals surface area contributed by atoms with Crippen molar-refractivity contribution < 1.29 is 9.59 Å². The zero-order chi connectivity index (χ0) is 14.4. The topological polar surface area (TPSA) is 84.2 Å². The van der Waals surface area contributed by atoms with Crippen LogP contribution in [0, 0.1) is 11.8 Å². The van der Waals surface area contributed by atoms with Crippen molar-refractivity contribution in [1.82, 2.24) is 10.6 Å². The van der Waals surface area contributed by atoms with Gasteiger partial charge < -0.3 is 16.4 Å². The zero-order valence-corrected chi connectivity index (χ0v) is 13.5. The second-order valence-corrected chi connectivity index (χ2v) is 5.58. The van der Waals surface area contributed by atoms with Gasteiger partial charge in [0.25, 0.3) is 0 Å². The molecular formula is C14H28ClN3O2. The maximum absolute atomic E-state index is 12.1. The van der Waals surface area contributed by atoms with Gasteiger partial charge >= 0.3 is 0 Å². The highest BCUT2D eigenvalue weighted by molar-refractivity contribution is 5.88. The SMILES string of the molecule is CCC(C)NC(=O)C(C)NC(=O)[C@@H]1CCC[C@@H]1CN.Cl. The third kappa shape index (κ3) is 5.29. The molecule has 2 unspecified atom stereocenters. The van der Waals surface area contributed by atoms with Crippen LogP contribution in [0.15, 0.2) is 0 Å². The fourth-order valence-corrected chi connectivity index (χ4v) is 2.52. The first-order valence-corrected chi connectivity index (χ1v) is 7.30. The van der Waals surface area contributed by atoms with Gasteiger partial charge in [0.15, 0.2) is 0 Å². The number of carbonyl (C=O) groups is 2. The largest absolute Gasteiger partial charge is 0.352 e. The molecule has 1 rings (SSSR count). The van der Waals surface area contributed by atoms with E-state index < -0.39 is 6.04 Å². The Morgan fingerprint density at radius 3 is 2.45 bits per heavy atom. The summed E-state index contributed by atoms with van der Waals surface area (Å²) >= 11 is 0. The Morgan fingerprint density at radius 1 is 1.25 bits per heavy atom. The van der Waals surface area contributed by atoms with Gasteiger partial charge in [-0.3, -0.25) is 9.59 Å². The smallest absolute Gasteiger partial charge is 0.242 e. The van der Waals surface area contributed by atoms with Crippen LogP contribution < -0.4 is 16.4 Å². The molecule has 6 heteroatoms. The molecule has 2 amide bonds. The lowest BCUT2D eigenvalue weighted by Gasteiger charge is -2.21. The van der Waals surface area contributed by atoms with Gasteiger partial charge in [0.1, 0.15) is 6.04 Å². The minimum Gasteiger partial charge on any atom is -0.352 e. The summed E-state index contributed by atoms with van der Waals surface area (Å²) in [6.07, 6.45) is 3.83. The first kappa shape index (κ1) is 19.2. The van der Waals surface area contributed by atoms with Crippen molar-refractivity contribution in [2.24, 2.45) is 17.6 Å². The fourth-order valence-electron chi connectivity index (χ4n) is 2.52. The van der Waals surface area contributed by atoms with Crippen molar-refractivity contribution in [3.8, 4) is 0 Å². The molecule has 0 bridgehead atoms. The van der Waals surface area contributed by atoms with Crippen molar-refractivity contribution in [3.63, 3.8) is 0 Å². The molecule has 0 heterocycles. The number of amides is 2. The lowest BCUT2D eigenvalue weighted by atomic mass is 9.95. The van der Waals surface area contributed by atoms with E-state index in [4.69, 9.17) is 5.73 Å². The Hall–Kier alpha value is -0.810. The standard InChI is InChI=1S/C14H27N3O2.ClH/c1-4-9(2)16-13(18)10(3)17-14(19)12-7-5-6-11(12)8-15;/h9-12H,4-8,15H2,1-3H3,(H,16,18)(H,17,19);1H/t9?,10?,11-,12-;/m1./s1. The molecule has 0 spiro atoms. The van der Waals surface area contributed by atoms with E-state index in [1.165, 1.54) is 0 Å². The molecule has 0 radical (unpaired) electrons.